The van der Waals surface area contributed by atoms with E-state index in [4.69, 9.17) is 0 Å². The highest BCUT2D eigenvalue weighted by Gasteiger charge is 2.09. The minimum absolute atomic E-state index is 0. The van der Waals surface area contributed by atoms with Gasteiger partial charge in [0.2, 0.25) is 0 Å². The van der Waals surface area contributed by atoms with Gasteiger partial charge in [-0.1, -0.05) is 191 Å². The van der Waals surface area contributed by atoms with Gasteiger partial charge < -0.3 is 0 Å². The summed E-state index contributed by atoms with van der Waals surface area (Å²) >= 11 is 0. The van der Waals surface area contributed by atoms with Gasteiger partial charge in [-0.3, -0.25) is 0 Å². The molecule has 0 aliphatic heterocycles. The Bertz CT molecular complexity index is 598. The Balaban J connectivity index is -0.0000000319. The van der Waals surface area contributed by atoms with Crippen LogP contribution in [0.25, 0.3) is 6.08 Å². The Morgan fingerprint density at radius 2 is 0.974 bits per heavy atom. The summed E-state index contributed by atoms with van der Waals surface area (Å²) < 4.78 is 0. The Morgan fingerprint density at radius 3 is 1.39 bits per heavy atom. The van der Waals surface area contributed by atoms with Crippen LogP contribution in [0, 0.1) is 5.92 Å². The first kappa shape index (κ1) is 65.3. The second-order valence-corrected chi connectivity index (χ2v) is 4.63. The molecule has 0 saturated carbocycles. The van der Waals surface area contributed by atoms with Crippen LogP contribution < -0.4 is 0 Å². The van der Waals surface area contributed by atoms with Crippen molar-refractivity contribution >= 4 is 37.5 Å². The highest BCUT2D eigenvalue weighted by Crippen LogP contribution is 2.24. The van der Waals surface area contributed by atoms with E-state index in [0.717, 1.165) is 6.42 Å². The first-order chi connectivity index (χ1) is 16.9. The third-order valence-corrected chi connectivity index (χ3v) is 3.40. The zero-order valence-electron chi connectivity index (χ0n) is 24.6. The predicted molar refractivity (Wildman–Crippen MR) is 197 cm³/mol. The lowest BCUT2D eigenvalue weighted by Gasteiger charge is -2.06. The summed E-state index contributed by atoms with van der Waals surface area (Å²) in [7, 11) is 18.0. The number of rotatable bonds is 0. The van der Waals surface area contributed by atoms with Crippen LogP contribution in [0.2, 0.25) is 27.3 Å². The van der Waals surface area contributed by atoms with E-state index in [2.05, 4.69) is 110 Å². The maximum Gasteiger partial charge on any atom is 0.0606 e. The zero-order chi connectivity index (χ0) is 28.2. The van der Waals surface area contributed by atoms with Gasteiger partial charge in [0.05, 0.1) is 31.4 Å². The molecule has 1 unspecified atom stereocenters. The van der Waals surface area contributed by atoms with Gasteiger partial charge in [0.25, 0.3) is 0 Å². The molecule has 0 nitrogen and oxygen atoms in total. The lowest BCUT2D eigenvalue weighted by molar-refractivity contribution is 1.02. The van der Waals surface area contributed by atoms with E-state index in [1.165, 1.54) is 44.0 Å². The first-order valence-electron chi connectivity index (χ1n) is 12.7. The molecule has 1 aromatic rings. The van der Waals surface area contributed by atoms with E-state index >= 15 is 0 Å². The van der Waals surface area contributed by atoms with Crippen LogP contribution >= 0.6 is 0 Å². The Morgan fingerprint density at radius 1 is 0.553 bits per heavy atom. The van der Waals surface area contributed by atoms with Gasteiger partial charge in [-0.25, -0.2) is 0 Å². The summed E-state index contributed by atoms with van der Waals surface area (Å²) in [6.45, 7) is 22.0. The van der Waals surface area contributed by atoms with Gasteiger partial charge in [0, 0.05) is 5.92 Å². The standard InChI is InChI=1S/2C9H8.4C2H6.4CH3B.4CH4/c2*1-2-5-9-7-3-6-8(9)4-1;8*1-2;;;;/h1-6H,7H2;1-8H;4*1-2H3;4*1H3;4*1H4. The molecule has 0 saturated heterocycles. The minimum Gasteiger partial charge on any atom is -0.0999 e. The van der Waals surface area contributed by atoms with Crippen molar-refractivity contribution < 1.29 is 0 Å². The molecule has 0 fully saturated rings. The molecule has 8 radical (unpaired) electrons. The number of benzene rings is 1. The van der Waals surface area contributed by atoms with Crippen molar-refractivity contribution in [3.05, 3.63) is 89.6 Å². The van der Waals surface area contributed by atoms with Gasteiger partial charge >= 0.3 is 0 Å². The van der Waals surface area contributed by atoms with E-state index < -0.39 is 0 Å². The van der Waals surface area contributed by atoms with E-state index in [1.807, 2.05) is 55.4 Å². The molecular weight excluding hydrogens is 452 g/mol. The van der Waals surface area contributed by atoms with Crippen molar-refractivity contribution in [3.8, 4) is 0 Å². The van der Waals surface area contributed by atoms with E-state index in [9.17, 15) is 0 Å². The van der Waals surface area contributed by atoms with Gasteiger partial charge in [-0.05, 0) is 23.1 Å². The lowest BCUT2D eigenvalue weighted by Crippen LogP contribution is -1.92. The maximum absolute atomic E-state index is 4.50. The van der Waals surface area contributed by atoms with Gasteiger partial charge in [-0.15, -0.1) is 0 Å². The monoisotopic (exact) mass is 521 g/mol. The van der Waals surface area contributed by atoms with Crippen molar-refractivity contribution in [1.29, 1.82) is 0 Å². The molecule has 0 spiro atoms. The molecule has 4 heteroatoms. The number of hydrogen-bond acceptors (Lipinski definition) is 0. The highest BCUT2D eigenvalue weighted by atomic mass is 14.1. The van der Waals surface area contributed by atoms with Crippen molar-refractivity contribution in [1.82, 2.24) is 0 Å². The second kappa shape index (κ2) is 70.3. The maximum atomic E-state index is 4.50. The average Bonchev–Trinajstić information content (AvgIpc) is 3.68. The summed E-state index contributed by atoms with van der Waals surface area (Å²) in [5, 5.41) is 0. The fraction of sp³-hybridized carbons (Fsp3) is 0.529. The van der Waals surface area contributed by atoms with Crippen LogP contribution in [0.4, 0.5) is 0 Å². The van der Waals surface area contributed by atoms with Gasteiger partial charge in [0.1, 0.15) is 0 Å². The van der Waals surface area contributed by atoms with Crippen LogP contribution in [0.5, 0.6) is 0 Å². The summed E-state index contributed by atoms with van der Waals surface area (Å²) in [5.41, 5.74) is 4.26. The predicted octanol–water partition coefficient (Wildman–Crippen LogP) is 11.9. The highest BCUT2D eigenvalue weighted by molar-refractivity contribution is 6.06. The first-order valence-corrected chi connectivity index (χ1v) is 12.7. The second-order valence-electron chi connectivity index (χ2n) is 4.63. The van der Waals surface area contributed by atoms with Gasteiger partial charge in [-0.2, -0.15) is 0 Å². The molecule has 216 valence electrons. The average molecular weight is 520 g/mol. The molecule has 1 aromatic carbocycles. The topological polar surface area (TPSA) is 0 Å². The number of hydrogen-bond donors (Lipinski definition) is 0. The van der Waals surface area contributed by atoms with Gasteiger partial charge in [0.15, 0.2) is 0 Å². The van der Waals surface area contributed by atoms with Crippen molar-refractivity contribution in [3.63, 3.8) is 0 Å². The largest absolute Gasteiger partial charge is 0.0999 e. The molecule has 0 bridgehead atoms. The molecule has 1 atom stereocenters. The smallest absolute Gasteiger partial charge is 0.0606 e. The van der Waals surface area contributed by atoms with Crippen LogP contribution in [0.3, 0.4) is 0 Å². The minimum atomic E-state index is 0. The quantitative estimate of drug-likeness (QED) is 0.299. The lowest BCUT2D eigenvalue weighted by atomic mass is 9.99. The molecule has 3 aliphatic carbocycles. The van der Waals surface area contributed by atoms with Crippen LogP contribution in [0.1, 0.15) is 96.2 Å². The van der Waals surface area contributed by atoms with E-state index in [-0.39, 0.29) is 29.7 Å². The fourth-order valence-electron chi connectivity index (χ4n) is 2.40. The Labute approximate surface area is 251 Å². The summed E-state index contributed by atoms with van der Waals surface area (Å²) in [6.07, 6.45) is 20.5. The zero-order valence-corrected chi connectivity index (χ0v) is 24.6. The molecule has 4 rings (SSSR count). The third-order valence-electron chi connectivity index (χ3n) is 3.40. The fourth-order valence-corrected chi connectivity index (χ4v) is 2.40. The summed E-state index contributed by atoms with van der Waals surface area (Å²) in [6, 6.07) is 8.49. The van der Waals surface area contributed by atoms with Crippen molar-refractivity contribution in [2.24, 2.45) is 5.92 Å². The summed E-state index contributed by atoms with van der Waals surface area (Å²) in [4.78, 5) is 0. The molecule has 0 N–H and O–H groups in total. The molecule has 38 heavy (non-hydrogen) atoms. The SMILES string of the molecule is C.C.C.C.C1=CC2=CC=CC2C=C1.C1=Cc2ccccc2C1.CC.CC.CC.CC.[B]C.[B]C.[B]C.[B]C. The number of allylic oxidation sites excluding steroid dienone is 9. The molecule has 0 amide bonds. The molecule has 0 heterocycles. The van der Waals surface area contributed by atoms with Crippen LogP contribution in [-0.2, 0) is 6.42 Å². The van der Waals surface area contributed by atoms with Crippen LogP contribution in [0.15, 0.2) is 78.4 Å². The van der Waals surface area contributed by atoms with Crippen LogP contribution in [-0.4, -0.2) is 31.4 Å². The van der Waals surface area contributed by atoms with Crippen molar-refractivity contribution in [2.75, 3.05) is 0 Å². The molecular formula is C34H68B4. The van der Waals surface area contributed by atoms with Crippen molar-refractivity contribution in [2.45, 2.75) is 119 Å². The van der Waals surface area contributed by atoms with E-state index in [0.29, 0.717) is 5.92 Å². The van der Waals surface area contributed by atoms with E-state index in [1.54, 1.807) is 0 Å². The number of fused-ring (bicyclic) bond motifs is 2. The Kier molecular flexibility index (Phi) is 121. The third kappa shape index (κ3) is 36.3. The molecule has 3 aliphatic rings. The summed E-state index contributed by atoms with van der Waals surface area (Å²) in [5.74, 6) is 0.579. The normalized spacial score (nSPS) is 11.2. The Hall–Kier alpha value is -1.82. The molecule has 0 aromatic heterocycles.